The van der Waals surface area contributed by atoms with Gasteiger partial charge in [0.1, 0.15) is 18.2 Å². The highest BCUT2D eigenvalue weighted by molar-refractivity contribution is 5.41. The van der Waals surface area contributed by atoms with Gasteiger partial charge in [0.2, 0.25) is 0 Å². The molecule has 0 saturated carbocycles. The molecule has 0 bridgehead atoms. The van der Waals surface area contributed by atoms with Crippen LogP contribution in [0.2, 0.25) is 0 Å². The molecule has 18 heavy (non-hydrogen) atoms. The third-order valence-electron chi connectivity index (χ3n) is 1.98. The van der Waals surface area contributed by atoms with E-state index in [2.05, 4.69) is 29.0 Å². The van der Waals surface area contributed by atoms with Crippen LogP contribution in [0.15, 0.2) is 18.3 Å². The van der Waals surface area contributed by atoms with Crippen molar-refractivity contribution in [3.05, 3.63) is 18.3 Å². The average molecular weight is 253 g/mol. The zero-order chi connectivity index (χ0) is 14.0. The van der Waals surface area contributed by atoms with E-state index in [-0.39, 0.29) is 0 Å². The van der Waals surface area contributed by atoms with Crippen LogP contribution < -0.4 is 10.1 Å². The van der Waals surface area contributed by atoms with Gasteiger partial charge in [-0.05, 0) is 34.0 Å². The molecular formula is C14H27N3O. The van der Waals surface area contributed by atoms with Crippen molar-refractivity contribution in [3.63, 3.8) is 0 Å². The average Bonchev–Trinajstić information content (AvgIpc) is 2.31. The lowest BCUT2D eigenvalue weighted by Gasteiger charge is -2.13. The van der Waals surface area contributed by atoms with Gasteiger partial charge in [0.15, 0.2) is 0 Å². The molecule has 1 aromatic heterocycles. The third kappa shape index (κ3) is 7.90. The van der Waals surface area contributed by atoms with Crippen LogP contribution in [0.4, 0.5) is 5.82 Å². The summed E-state index contributed by atoms with van der Waals surface area (Å²) in [5.41, 5.74) is 0. The minimum atomic E-state index is 0.379. The Bertz CT molecular complexity index is 314. The molecule has 0 atom stereocenters. The monoisotopic (exact) mass is 253 g/mol. The fraction of sp³-hybridized carbons (Fsp3) is 0.643. The highest BCUT2D eigenvalue weighted by Crippen LogP contribution is 2.14. The van der Waals surface area contributed by atoms with Crippen molar-refractivity contribution >= 4 is 5.82 Å². The van der Waals surface area contributed by atoms with Crippen molar-refractivity contribution in [1.82, 2.24) is 9.88 Å². The summed E-state index contributed by atoms with van der Waals surface area (Å²) in [5.74, 6) is 1.72. The van der Waals surface area contributed by atoms with E-state index in [4.69, 9.17) is 4.74 Å². The van der Waals surface area contributed by atoms with Crippen molar-refractivity contribution in [3.8, 4) is 5.75 Å². The van der Waals surface area contributed by atoms with Gasteiger partial charge in [0.05, 0.1) is 0 Å². The van der Waals surface area contributed by atoms with Gasteiger partial charge in [-0.3, -0.25) is 0 Å². The summed E-state index contributed by atoms with van der Waals surface area (Å²) in [6.45, 7) is 9.77. The number of rotatable bonds is 6. The molecule has 4 nitrogen and oxygen atoms in total. The molecule has 0 radical (unpaired) electrons. The van der Waals surface area contributed by atoms with E-state index >= 15 is 0 Å². The maximum atomic E-state index is 5.62. The molecule has 1 N–H and O–H groups in total. The lowest BCUT2D eigenvalue weighted by molar-refractivity contribution is 0.261. The summed E-state index contributed by atoms with van der Waals surface area (Å²) in [5, 5.41) is 3.24. The number of ether oxygens (including phenoxy) is 1. The quantitative estimate of drug-likeness (QED) is 0.846. The number of pyridine rings is 1. The van der Waals surface area contributed by atoms with Gasteiger partial charge in [-0.2, -0.15) is 0 Å². The van der Waals surface area contributed by atoms with Gasteiger partial charge in [0, 0.05) is 24.8 Å². The summed E-state index contributed by atoms with van der Waals surface area (Å²) >= 11 is 0. The highest BCUT2D eigenvalue weighted by Gasteiger charge is 2.00. The molecule has 0 spiro atoms. The van der Waals surface area contributed by atoms with Crippen molar-refractivity contribution in [2.75, 3.05) is 32.6 Å². The molecule has 1 rings (SSSR count). The minimum Gasteiger partial charge on any atom is -0.492 e. The highest BCUT2D eigenvalue weighted by atomic mass is 16.5. The number of hydrogen-bond acceptors (Lipinski definition) is 4. The SMILES string of the molecule is CC.CC(C)Nc1cc(OCCN(C)C)ccn1. The number of nitrogens with one attached hydrogen (secondary N) is 1. The first-order valence-electron chi connectivity index (χ1n) is 6.58. The maximum absolute atomic E-state index is 5.62. The first kappa shape index (κ1) is 16.7. The van der Waals surface area contributed by atoms with Crippen molar-refractivity contribution in [2.24, 2.45) is 0 Å². The van der Waals surface area contributed by atoms with Gasteiger partial charge >= 0.3 is 0 Å². The molecule has 0 saturated heterocycles. The number of aromatic nitrogens is 1. The van der Waals surface area contributed by atoms with Crippen LogP contribution in [0.25, 0.3) is 0 Å². The predicted molar refractivity (Wildman–Crippen MR) is 78.4 cm³/mol. The van der Waals surface area contributed by atoms with E-state index in [0.29, 0.717) is 12.6 Å². The summed E-state index contributed by atoms with van der Waals surface area (Å²) < 4.78 is 5.62. The molecule has 0 fully saturated rings. The van der Waals surface area contributed by atoms with Crippen LogP contribution in [0.5, 0.6) is 5.75 Å². The Morgan fingerprint density at radius 2 is 2.00 bits per heavy atom. The van der Waals surface area contributed by atoms with E-state index in [1.165, 1.54) is 0 Å². The first-order valence-corrected chi connectivity index (χ1v) is 6.58. The van der Waals surface area contributed by atoms with Crippen molar-refractivity contribution in [1.29, 1.82) is 0 Å². The Balaban J connectivity index is 0.00000137. The van der Waals surface area contributed by atoms with E-state index in [0.717, 1.165) is 18.1 Å². The summed E-state index contributed by atoms with van der Waals surface area (Å²) in [6, 6.07) is 4.18. The Hall–Kier alpha value is -1.29. The van der Waals surface area contributed by atoms with E-state index < -0.39 is 0 Å². The van der Waals surface area contributed by atoms with Crippen LogP contribution in [-0.4, -0.2) is 43.2 Å². The lowest BCUT2D eigenvalue weighted by Crippen LogP contribution is -2.19. The van der Waals surface area contributed by atoms with Gasteiger partial charge in [-0.1, -0.05) is 13.8 Å². The largest absolute Gasteiger partial charge is 0.492 e. The van der Waals surface area contributed by atoms with Crippen molar-refractivity contribution < 1.29 is 4.74 Å². The fourth-order valence-electron chi connectivity index (χ4n) is 1.22. The van der Waals surface area contributed by atoms with E-state index in [9.17, 15) is 0 Å². The number of hydrogen-bond donors (Lipinski definition) is 1. The summed E-state index contributed by atoms with van der Waals surface area (Å²) in [6.07, 6.45) is 1.76. The topological polar surface area (TPSA) is 37.4 Å². The van der Waals surface area contributed by atoms with Crippen molar-refractivity contribution in [2.45, 2.75) is 33.7 Å². The Morgan fingerprint density at radius 1 is 1.33 bits per heavy atom. The van der Waals surface area contributed by atoms with Crippen LogP contribution in [0, 0.1) is 0 Å². The molecule has 1 heterocycles. The Morgan fingerprint density at radius 3 is 2.56 bits per heavy atom. The number of anilines is 1. The molecule has 0 amide bonds. The van der Waals surface area contributed by atoms with Gasteiger partial charge in [0.25, 0.3) is 0 Å². The van der Waals surface area contributed by atoms with Gasteiger partial charge in [-0.25, -0.2) is 4.98 Å². The zero-order valence-corrected chi connectivity index (χ0v) is 12.5. The van der Waals surface area contributed by atoms with Crippen LogP contribution >= 0.6 is 0 Å². The summed E-state index contributed by atoms with van der Waals surface area (Å²) in [7, 11) is 4.06. The molecule has 0 aromatic carbocycles. The fourth-order valence-corrected chi connectivity index (χ4v) is 1.22. The second kappa shape index (κ2) is 9.71. The molecule has 1 aromatic rings. The molecule has 104 valence electrons. The smallest absolute Gasteiger partial charge is 0.129 e. The molecule has 0 aliphatic carbocycles. The normalized spacial score (nSPS) is 10.0. The van der Waals surface area contributed by atoms with Gasteiger partial charge < -0.3 is 15.0 Å². The minimum absolute atomic E-state index is 0.379. The lowest BCUT2D eigenvalue weighted by atomic mass is 10.3. The second-order valence-electron chi connectivity index (χ2n) is 4.33. The van der Waals surface area contributed by atoms with E-state index in [1.807, 2.05) is 40.1 Å². The molecule has 4 heteroatoms. The predicted octanol–water partition coefficient (Wildman–Crippen LogP) is 2.87. The molecular weight excluding hydrogens is 226 g/mol. The summed E-state index contributed by atoms with van der Waals surface area (Å²) in [4.78, 5) is 6.31. The van der Waals surface area contributed by atoms with E-state index in [1.54, 1.807) is 6.20 Å². The number of likely N-dealkylation sites (N-methyl/N-ethyl adjacent to an activating group) is 1. The maximum Gasteiger partial charge on any atom is 0.129 e. The first-order chi connectivity index (χ1) is 8.58. The van der Waals surface area contributed by atoms with Crippen LogP contribution in [-0.2, 0) is 0 Å². The Labute approximate surface area is 111 Å². The molecule has 0 aliphatic heterocycles. The molecule has 0 aliphatic rings. The Kier molecular flexibility index (Phi) is 9.01. The van der Waals surface area contributed by atoms with Crippen LogP contribution in [0.3, 0.4) is 0 Å². The second-order valence-corrected chi connectivity index (χ2v) is 4.33. The zero-order valence-electron chi connectivity index (χ0n) is 12.5. The molecule has 0 unspecified atom stereocenters. The number of nitrogens with zero attached hydrogens (tertiary/aromatic N) is 2. The standard InChI is InChI=1S/C12H21N3O.C2H6/c1-10(2)14-12-9-11(5-6-13-12)16-8-7-15(3)4;1-2/h5-6,9-10H,7-8H2,1-4H3,(H,13,14);1-2H3. The van der Waals surface area contributed by atoms with Gasteiger partial charge in [-0.15, -0.1) is 0 Å². The third-order valence-corrected chi connectivity index (χ3v) is 1.98. The van der Waals surface area contributed by atoms with Crippen LogP contribution in [0.1, 0.15) is 27.7 Å².